The summed E-state index contributed by atoms with van der Waals surface area (Å²) in [6, 6.07) is 10.5. The number of anilines is 1. The molecule has 0 spiro atoms. The number of methoxy groups -OCH3 is 1. The van der Waals surface area contributed by atoms with Crippen molar-refractivity contribution in [1.29, 1.82) is 0 Å². The quantitative estimate of drug-likeness (QED) is 0.657. The van der Waals surface area contributed by atoms with E-state index in [4.69, 9.17) is 9.47 Å². The Labute approximate surface area is 180 Å². The van der Waals surface area contributed by atoms with Crippen molar-refractivity contribution in [2.75, 3.05) is 39.7 Å². The number of hydrogen-bond donors (Lipinski definition) is 2. The van der Waals surface area contributed by atoms with E-state index >= 15 is 0 Å². The van der Waals surface area contributed by atoms with E-state index in [2.05, 4.69) is 15.3 Å². The third kappa shape index (κ3) is 4.25. The summed E-state index contributed by atoms with van der Waals surface area (Å²) in [4.78, 5) is 34.1. The van der Waals surface area contributed by atoms with E-state index in [9.17, 15) is 9.59 Å². The summed E-state index contributed by atoms with van der Waals surface area (Å²) in [7, 11) is 4.99. The third-order valence-electron chi connectivity index (χ3n) is 5.55. The van der Waals surface area contributed by atoms with Crippen LogP contribution >= 0.6 is 0 Å². The lowest BCUT2D eigenvalue weighted by Gasteiger charge is -2.22. The first kappa shape index (κ1) is 20.9. The molecule has 2 amide bonds. The van der Waals surface area contributed by atoms with Gasteiger partial charge in [0.2, 0.25) is 5.95 Å². The van der Waals surface area contributed by atoms with Crippen molar-refractivity contribution in [1.82, 2.24) is 14.9 Å². The predicted molar refractivity (Wildman–Crippen MR) is 118 cm³/mol. The van der Waals surface area contributed by atoms with Crippen LogP contribution in [0.25, 0.3) is 11.0 Å². The minimum Gasteiger partial charge on any atom is -0.494 e. The summed E-state index contributed by atoms with van der Waals surface area (Å²) in [6.45, 7) is 1.47. The number of nitrogens with one attached hydrogen (secondary N) is 2. The molecule has 1 aliphatic rings. The minimum atomic E-state index is -0.311. The first-order chi connectivity index (χ1) is 15.0. The highest BCUT2D eigenvalue weighted by Crippen LogP contribution is 2.36. The number of H-pyrrole nitrogens is 1. The van der Waals surface area contributed by atoms with Crippen molar-refractivity contribution < 1.29 is 19.1 Å². The minimum absolute atomic E-state index is 0.114. The first-order valence-electron chi connectivity index (χ1n) is 10.3. The average Bonchev–Trinajstić information content (AvgIpc) is 3.22. The number of aromatic amines is 1. The normalized spacial score (nSPS) is 14.4. The van der Waals surface area contributed by atoms with Gasteiger partial charge in [0.15, 0.2) is 0 Å². The second-order valence-electron chi connectivity index (χ2n) is 7.78. The van der Waals surface area contributed by atoms with E-state index in [0.717, 1.165) is 42.7 Å². The third-order valence-corrected chi connectivity index (χ3v) is 5.55. The van der Waals surface area contributed by atoms with Gasteiger partial charge in [0.05, 0.1) is 12.6 Å². The Kier molecular flexibility index (Phi) is 5.90. The Balaban J connectivity index is 1.59. The van der Waals surface area contributed by atoms with Crippen LogP contribution in [0.4, 0.5) is 5.95 Å². The predicted octanol–water partition coefficient (Wildman–Crippen LogP) is 3.42. The number of amides is 2. The van der Waals surface area contributed by atoms with Gasteiger partial charge in [-0.1, -0.05) is 6.07 Å². The fourth-order valence-corrected chi connectivity index (χ4v) is 3.86. The van der Waals surface area contributed by atoms with Crippen LogP contribution in [0.15, 0.2) is 36.4 Å². The number of imidazole rings is 1. The summed E-state index contributed by atoms with van der Waals surface area (Å²) in [5, 5.41) is 2.82. The summed E-state index contributed by atoms with van der Waals surface area (Å²) < 4.78 is 11.0. The number of hydrogen-bond acceptors (Lipinski definition) is 5. The van der Waals surface area contributed by atoms with Gasteiger partial charge >= 0.3 is 0 Å². The van der Waals surface area contributed by atoms with E-state index in [0.29, 0.717) is 28.7 Å². The topological polar surface area (TPSA) is 96.6 Å². The monoisotopic (exact) mass is 422 g/mol. The Morgan fingerprint density at radius 3 is 2.42 bits per heavy atom. The number of rotatable bonds is 5. The zero-order chi connectivity index (χ0) is 22.0. The van der Waals surface area contributed by atoms with Gasteiger partial charge < -0.3 is 19.4 Å². The molecule has 3 aromatic rings. The lowest BCUT2D eigenvalue weighted by atomic mass is 9.90. The van der Waals surface area contributed by atoms with Crippen molar-refractivity contribution in [2.24, 2.45) is 0 Å². The molecule has 0 radical (unpaired) electrons. The number of nitrogens with zero attached hydrogens (tertiary/aromatic N) is 2. The molecular weight excluding hydrogens is 396 g/mol. The molecule has 0 saturated carbocycles. The van der Waals surface area contributed by atoms with Gasteiger partial charge in [-0.3, -0.25) is 14.9 Å². The molecule has 8 heteroatoms. The molecule has 0 aliphatic carbocycles. The maximum absolute atomic E-state index is 12.7. The Bertz CT molecular complexity index is 1100. The van der Waals surface area contributed by atoms with Crippen LogP contribution in [0, 0.1) is 0 Å². The van der Waals surface area contributed by atoms with E-state index in [1.54, 1.807) is 45.5 Å². The average molecular weight is 422 g/mol. The molecule has 0 atom stereocenters. The Morgan fingerprint density at radius 2 is 1.77 bits per heavy atom. The molecule has 2 aromatic carbocycles. The lowest BCUT2D eigenvalue weighted by molar-refractivity contribution is 0.0826. The number of aromatic nitrogens is 2. The van der Waals surface area contributed by atoms with Crippen LogP contribution in [0.1, 0.15) is 45.0 Å². The van der Waals surface area contributed by atoms with Gasteiger partial charge in [0, 0.05) is 38.4 Å². The summed E-state index contributed by atoms with van der Waals surface area (Å²) in [5.41, 5.74) is 3.65. The Morgan fingerprint density at radius 1 is 1.10 bits per heavy atom. The fraction of sp³-hybridized carbons (Fsp3) is 0.348. The summed E-state index contributed by atoms with van der Waals surface area (Å²) in [6.07, 6.45) is 1.88. The molecule has 31 heavy (non-hydrogen) atoms. The summed E-state index contributed by atoms with van der Waals surface area (Å²) in [5.74, 6) is 0.957. The van der Waals surface area contributed by atoms with Crippen molar-refractivity contribution in [2.45, 2.75) is 18.8 Å². The second-order valence-corrected chi connectivity index (χ2v) is 7.78. The number of ether oxygens (including phenoxy) is 2. The van der Waals surface area contributed by atoms with Crippen LogP contribution in [0.3, 0.4) is 0 Å². The molecule has 2 heterocycles. The zero-order valence-electron chi connectivity index (χ0n) is 17.9. The highest BCUT2D eigenvalue weighted by molar-refractivity contribution is 6.05. The van der Waals surface area contributed by atoms with E-state index < -0.39 is 0 Å². The van der Waals surface area contributed by atoms with Gasteiger partial charge in [-0.25, -0.2) is 4.98 Å². The number of carbonyl (C=O) groups is 2. The van der Waals surface area contributed by atoms with Crippen molar-refractivity contribution >= 4 is 28.8 Å². The zero-order valence-corrected chi connectivity index (χ0v) is 17.9. The first-order valence-corrected chi connectivity index (χ1v) is 10.3. The largest absolute Gasteiger partial charge is 0.494 e. The summed E-state index contributed by atoms with van der Waals surface area (Å²) >= 11 is 0. The molecule has 2 N–H and O–H groups in total. The fourth-order valence-electron chi connectivity index (χ4n) is 3.86. The highest BCUT2D eigenvalue weighted by Gasteiger charge is 2.22. The molecule has 0 bridgehead atoms. The highest BCUT2D eigenvalue weighted by atomic mass is 16.5. The number of fused-ring (bicyclic) bond motifs is 1. The molecule has 1 aliphatic heterocycles. The van der Waals surface area contributed by atoms with Gasteiger partial charge in [0.25, 0.3) is 11.8 Å². The molecule has 1 saturated heterocycles. The smallest absolute Gasteiger partial charge is 0.257 e. The standard InChI is InChI=1S/C23H26N4O4/c1-27(2)22(29)16-6-4-15(5-7-16)21(28)26-23-24-19-17(14-10-12-31-13-11-14)8-9-18(30-3)20(19)25-23/h4-9,14H,10-13H2,1-3H3,(H2,24,25,26,28). The van der Waals surface area contributed by atoms with E-state index in [-0.39, 0.29) is 11.8 Å². The van der Waals surface area contributed by atoms with Crippen molar-refractivity contribution in [3.05, 3.63) is 53.1 Å². The van der Waals surface area contributed by atoms with Gasteiger partial charge in [-0.2, -0.15) is 0 Å². The maximum Gasteiger partial charge on any atom is 0.257 e. The van der Waals surface area contributed by atoms with Gasteiger partial charge in [0.1, 0.15) is 11.3 Å². The second kappa shape index (κ2) is 8.77. The van der Waals surface area contributed by atoms with E-state index in [1.165, 1.54) is 4.90 Å². The maximum atomic E-state index is 12.7. The molecule has 1 fully saturated rings. The molecular formula is C23H26N4O4. The molecule has 162 valence electrons. The SMILES string of the molecule is COc1ccc(C2CCOCC2)c2nc(NC(=O)c3ccc(C(=O)N(C)C)cc3)[nH]c12. The van der Waals surface area contributed by atoms with Gasteiger partial charge in [-0.05, 0) is 54.7 Å². The Hall–Kier alpha value is -3.39. The van der Waals surface area contributed by atoms with Crippen molar-refractivity contribution in [3.63, 3.8) is 0 Å². The van der Waals surface area contributed by atoms with Gasteiger partial charge in [-0.15, -0.1) is 0 Å². The van der Waals surface area contributed by atoms with Crippen LogP contribution in [0.2, 0.25) is 0 Å². The van der Waals surface area contributed by atoms with Crippen LogP contribution in [-0.4, -0.2) is 61.1 Å². The molecule has 8 nitrogen and oxygen atoms in total. The van der Waals surface area contributed by atoms with Crippen LogP contribution in [0.5, 0.6) is 5.75 Å². The number of carbonyl (C=O) groups excluding carboxylic acids is 2. The van der Waals surface area contributed by atoms with Crippen LogP contribution in [-0.2, 0) is 4.74 Å². The van der Waals surface area contributed by atoms with Crippen molar-refractivity contribution in [3.8, 4) is 5.75 Å². The molecule has 0 unspecified atom stereocenters. The molecule has 1 aromatic heterocycles. The van der Waals surface area contributed by atoms with E-state index in [1.807, 2.05) is 12.1 Å². The number of benzene rings is 2. The molecule has 4 rings (SSSR count). The lowest BCUT2D eigenvalue weighted by Crippen LogP contribution is -2.21. The van der Waals surface area contributed by atoms with Crippen LogP contribution < -0.4 is 10.1 Å².